The summed E-state index contributed by atoms with van der Waals surface area (Å²) in [6.07, 6.45) is 0.784. The van der Waals surface area contributed by atoms with Crippen molar-refractivity contribution in [2.45, 2.75) is 34.1 Å². The van der Waals surface area contributed by atoms with Gasteiger partial charge in [0.15, 0.2) is 0 Å². The average molecular weight is 487 g/mol. The summed E-state index contributed by atoms with van der Waals surface area (Å²) in [5.74, 6) is -0.603. The van der Waals surface area contributed by atoms with Crippen LogP contribution in [0.2, 0.25) is 0 Å². The Bertz CT molecular complexity index is 1030. The molecule has 3 rings (SSSR count). The zero-order valence-corrected chi connectivity index (χ0v) is 21.2. The first-order chi connectivity index (χ1) is 16.3. The van der Waals surface area contributed by atoms with Crippen LogP contribution in [0.5, 0.6) is 0 Å². The molecule has 1 aliphatic heterocycles. The summed E-state index contributed by atoms with van der Waals surface area (Å²) in [5.41, 5.74) is 3.49. The van der Waals surface area contributed by atoms with E-state index in [2.05, 4.69) is 20.4 Å². The molecule has 0 bridgehead atoms. The Hall–Kier alpha value is -2.75. The molecule has 1 saturated heterocycles. The molecule has 1 aromatic heterocycles. The number of ether oxygens (including phenoxy) is 1. The summed E-state index contributed by atoms with van der Waals surface area (Å²) >= 11 is 1.41. The van der Waals surface area contributed by atoms with E-state index >= 15 is 0 Å². The molecule has 34 heavy (non-hydrogen) atoms. The van der Waals surface area contributed by atoms with Crippen molar-refractivity contribution in [1.82, 2.24) is 9.80 Å². The van der Waals surface area contributed by atoms with Gasteiger partial charge in [0.2, 0.25) is 11.8 Å². The van der Waals surface area contributed by atoms with Gasteiger partial charge in [0.25, 0.3) is 0 Å². The lowest BCUT2D eigenvalue weighted by Gasteiger charge is -2.33. The smallest absolute Gasteiger partial charge is 0.341 e. The molecule has 184 valence electrons. The number of carbonyl (C=O) groups excluding carboxylic acids is 3. The molecule has 2 N–H and O–H groups in total. The van der Waals surface area contributed by atoms with E-state index in [-0.39, 0.29) is 25.0 Å². The highest BCUT2D eigenvalue weighted by atomic mass is 32.1. The van der Waals surface area contributed by atoms with Gasteiger partial charge in [-0.1, -0.05) is 19.1 Å². The minimum Gasteiger partial charge on any atom is -0.462 e. The Kier molecular flexibility index (Phi) is 9.20. The maximum Gasteiger partial charge on any atom is 0.341 e. The fourth-order valence-corrected chi connectivity index (χ4v) is 4.82. The van der Waals surface area contributed by atoms with Gasteiger partial charge in [-0.15, -0.1) is 11.3 Å². The number of anilines is 2. The largest absolute Gasteiger partial charge is 0.462 e. The number of nitrogens with zero attached hydrogens (tertiary/aromatic N) is 2. The number of benzene rings is 1. The van der Waals surface area contributed by atoms with Gasteiger partial charge in [-0.3, -0.25) is 19.4 Å². The van der Waals surface area contributed by atoms with Crippen LogP contribution in [0.15, 0.2) is 24.3 Å². The summed E-state index contributed by atoms with van der Waals surface area (Å²) in [5, 5.41) is 6.44. The highest BCUT2D eigenvalue weighted by molar-refractivity contribution is 7.16. The third-order valence-electron chi connectivity index (χ3n) is 5.96. The fourth-order valence-electron chi connectivity index (χ4n) is 3.82. The first kappa shape index (κ1) is 25.9. The number of esters is 1. The molecule has 1 fully saturated rings. The first-order valence-corrected chi connectivity index (χ1v) is 12.5. The number of hydrogen-bond acceptors (Lipinski definition) is 7. The van der Waals surface area contributed by atoms with Crippen LogP contribution >= 0.6 is 11.3 Å². The highest BCUT2D eigenvalue weighted by Crippen LogP contribution is 2.29. The van der Waals surface area contributed by atoms with E-state index in [0.29, 0.717) is 43.3 Å². The molecule has 0 unspecified atom stereocenters. The van der Waals surface area contributed by atoms with Gasteiger partial charge in [-0.25, -0.2) is 4.79 Å². The van der Waals surface area contributed by atoms with Crippen LogP contribution in [0.3, 0.4) is 0 Å². The van der Waals surface area contributed by atoms with Crippen LogP contribution in [0.1, 0.15) is 40.2 Å². The second-order valence-electron chi connectivity index (χ2n) is 8.43. The number of carbonyl (C=O) groups is 3. The maximum absolute atomic E-state index is 12.7. The molecule has 2 amide bonds. The molecule has 0 radical (unpaired) electrons. The molecule has 1 aliphatic rings. The molecule has 0 spiro atoms. The SMILES string of the molecule is CCOC(=O)c1cc(CC)sc1NC(=O)CN1CCN(CC(=O)Nc2cccc(C)c2C)CC1. The summed E-state index contributed by atoms with van der Waals surface area (Å²) in [6.45, 7) is 11.5. The summed E-state index contributed by atoms with van der Waals surface area (Å²) in [4.78, 5) is 42.6. The van der Waals surface area contributed by atoms with Crippen molar-refractivity contribution in [2.75, 3.05) is 56.5 Å². The number of amides is 2. The minimum atomic E-state index is -0.415. The number of aryl methyl sites for hydroxylation is 2. The highest BCUT2D eigenvalue weighted by Gasteiger charge is 2.23. The van der Waals surface area contributed by atoms with Crippen LogP contribution < -0.4 is 10.6 Å². The van der Waals surface area contributed by atoms with Crippen LogP contribution in [0, 0.1) is 13.8 Å². The van der Waals surface area contributed by atoms with Crippen molar-refractivity contribution in [3.05, 3.63) is 45.8 Å². The minimum absolute atomic E-state index is 0.0317. The molecule has 0 saturated carbocycles. The van der Waals surface area contributed by atoms with E-state index in [1.54, 1.807) is 13.0 Å². The molecule has 0 atom stereocenters. The zero-order chi connectivity index (χ0) is 24.7. The maximum atomic E-state index is 12.7. The van der Waals surface area contributed by atoms with E-state index in [0.717, 1.165) is 28.1 Å². The standard InChI is InChI=1S/C25H34N4O4S/c1-5-19-14-20(25(32)33-6-2)24(34-19)27-23(31)16-29-12-10-28(11-13-29)15-22(30)26-21-9-7-8-17(3)18(21)4/h7-9,14H,5-6,10-13,15-16H2,1-4H3,(H,26,30)(H,27,31). The molecular formula is C25H34N4O4S. The van der Waals surface area contributed by atoms with Crippen LogP contribution in [0.4, 0.5) is 10.7 Å². The number of piperazine rings is 1. The van der Waals surface area contributed by atoms with E-state index < -0.39 is 5.97 Å². The zero-order valence-electron chi connectivity index (χ0n) is 20.4. The second kappa shape index (κ2) is 12.1. The van der Waals surface area contributed by atoms with Gasteiger partial charge in [-0.2, -0.15) is 0 Å². The van der Waals surface area contributed by atoms with E-state index in [1.165, 1.54) is 11.3 Å². The Labute approximate surface area is 205 Å². The normalized spacial score (nSPS) is 14.6. The topological polar surface area (TPSA) is 91.0 Å². The lowest BCUT2D eigenvalue weighted by atomic mass is 10.1. The molecular weight excluding hydrogens is 452 g/mol. The van der Waals surface area contributed by atoms with Crippen molar-refractivity contribution in [2.24, 2.45) is 0 Å². The summed E-state index contributed by atoms with van der Waals surface area (Å²) < 4.78 is 5.12. The molecule has 9 heteroatoms. The van der Waals surface area contributed by atoms with Crippen molar-refractivity contribution in [3.8, 4) is 0 Å². The summed E-state index contributed by atoms with van der Waals surface area (Å²) in [7, 11) is 0. The molecule has 2 heterocycles. The molecule has 0 aliphatic carbocycles. The van der Waals surface area contributed by atoms with Crippen molar-refractivity contribution in [1.29, 1.82) is 0 Å². The quantitative estimate of drug-likeness (QED) is 0.529. The van der Waals surface area contributed by atoms with E-state index in [4.69, 9.17) is 4.74 Å². The van der Waals surface area contributed by atoms with E-state index in [9.17, 15) is 14.4 Å². The fraction of sp³-hybridized carbons (Fsp3) is 0.480. The van der Waals surface area contributed by atoms with E-state index in [1.807, 2.05) is 39.0 Å². The van der Waals surface area contributed by atoms with Gasteiger partial charge in [-0.05, 0) is 50.5 Å². The second-order valence-corrected chi connectivity index (χ2v) is 9.56. The predicted molar refractivity (Wildman–Crippen MR) is 136 cm³/mol. The monoisotopic (exact) mass is 486 g/mol. The number of thiophene rings is 1. The number of hydrogen-bond donors (Lipinski definition) is 2. The average Bonchev–Trinajstić information content (AvgIpc) is 3.21. The predicted octanol–water partition coefficient (Wildman–Crippen LogP) is 3.30. The first-order valence-electron chi connectivity index (χ1n) is 11.7. The van der Waals surface area contributed by atoms with Gasteiger partial charge < -0.3 is 15.4 Å². The summed E-state index contributed by atoms with van der Waals surface area (Å²) in [6, 6.07) is 7.68. The van der Waals surface area contributed by atoms with Crippen LogP contribution in [-0.4, -0.2) is 73.5 Å². The van der Waals surface area contributed by atoms with Crippen LogP contribution in [0.25, 0.3) is 0 Å². The van der Waals surface area contributed by atoms with Crippen molar-refractivity contribution in [3.63, 3.8) is 0 Å². The van der Waals surface area contributed by atoms with Gasteiger partial charge in [0.05, 0.1) is 25.3 Å². The van der Waals surface area contributed by atoms with Gasteiger partial charge in [0.1, 0.15) is 5.00 Å². The third-order valence-corrected chi connectivity index (χ3v) is 7.15. The number of nitrogens with one attached hydrogen (secondary N) is 2. The Balaban J connectivity index is 1.46. The lowest BCUT2D eigenvalue weighted by molar-refractivity contribution is -0.120. The molecule has 2 aromatic rings. The van der Waals surface area contributed by atoms with Gasteiger partial charge in [0, 0.05) is 36.7 Å². The Morgan fingerprint density at radius 2 is 1.59 bits per heavy atom. The Morgan fingerprint density at radius 1 is 0.971 bits per heavy atom. The Morgan fingerprint density at radius 3 is 2.18 bits per heavy atom. The lowest BCUT2D eigenvalue weighted by Crippen LogP contribution is -2.50. The van der Waals surface area contributed by atoms with Gasteiger partial charge >= 0.3 is 5.97 Å². The number of rotatable bonds is 9. The van der Waals surface area contributed by atoms with Crippen LogP contribution in [-0.2, 0) is 20.7 Å². The molecule has 8 nitrogen and oxygen atoms in total. The van der Waals surface area contributed by atoms with Crippen molar-refractivity contribution < 1.29 is 19.1 Å². The third kappa shape index (κ3) is 6.88. The van der Waals surface area contributed by atoms with Crippen molar-refractivity contribution >= 4 is 39.8 Å². The molecule has 1 aromatic carbocycles.